The summed E-state index contributed by atoms with van der Waals surface area (Å²) >= 11 is 1.63. The molecule has 2 aliphatic rings. The molecule has 1 fully saturated rings. The zero-order valence-electron chi connectivity index (χ0n) is 17.5. The summed E-state index contributed by atoms with van der Waals surface area (Å²) in [6.07, 6.45) is 8.22. The molecule has 4 aromatic rings. The van der Waals surface area contributed by atoms with E-state index in [0.717, 1.165) is 72.5 Å². The van der Waals surface area contributed by atoms with Crippen molar-refractivity contribution in [1.29, 1.82) is 0 Å². The average Bonchev–Trinajstić information content (AvgIpc) is 3.55. The van der Waals surface area contributed by atoms with Crippen LogP contribution in [0.2, 0.25) is 0 Å². The van der Waals surface area contributed by atoms with E-state index >= 15 is 0 Å². The third kappa shape index (κ3) is 3.42. The molecular formula is C24H25N5OS. The Morgan fingerprint density at radius 1 is 1.19 bits per heavy atom. The molecule has 3 aromatic heterocycles. The molecule has 1 aliphatic heterocycles. The van der Waals surface area contributed by atoms with E-state index in [9.17, 15) is 0 Å². The third-order valence-electron chi connectivity index (χ3n) is 6.65. The van der Waals surface area contributed by atoms with Gasteiger partial charge in [-0.1, -0.05) is 0 Å². The fourth-order valence-corrected chi connectivity index (χ4v) is 5.58. The number of fused-ring (bicyclic) bond motifs is 2. The van der Waals surface area contributed by atoms with E-state index in [1.54, 1.807) is 17.7 Å². The number of ether oxygens (including phenoxy) is 1. The lowest BCUT2D eigenvalue weighted by molar-refractivity contribution is 0.202. The molecule has 158 valence electrons. The fraction of sp³-hybridized carbons (Fsp3) is 0.375. The molecule has 0 spiro atoms. The minimum Gasteiger partial charge on any atom is -0.490 e. The van der Waals surface area contributed by atoms with Crippen molar-refractivity contribution in [3.05, 3.63) is 58.4 Å². The zero-order valence-corrected chi connectivity index (χ0v) is 18.4. The Labute approximate surface area is 185 Å². The van der Waals surface area contributed by atoms with Crippen LogP contribution in [-0.4, -0.2) is 32.2 Å². The van der Waals surface area contributed by atoms with Crippen LogP contribution in [0.5, 0.6) is 5.75 Å². The second kappa shape index (κ2) is 7.73. The number of benzene rings is 1. The summed E-state index contributed by atoms with van der Waals surface area (Å²) in [5.74, 6) is 1.02. The molecule has 31 heavy (non-hydrogen) atoms. The number of nitrogens with zero attached hydrogens (tertiary/aromatic N) is 4. The van der Waals surface area contributed by atoms with Crippen LogP contribution in [0.1, 0.15) is 42.1 Å². The van der Waals surface area contributed by atoms with Gasteiger partial charge in [-0.15, -0.1) is 11.3 Å². The van der Waals surface area contributed by atoms with E-state index in [1.807, 2.05) is 12.4 Å². The van der Waals surface area contributed by atoms with Gasteiger partial charge in [0.05, 0.1) is 16.9 Å². The van der Waals surface area contributed by atoms with Gasteiger partial charge in [-0.3, -0.25) is 0 Å². The monoisotopic (exact) mass is 431 g/mol. The minimum atomic E-state index is 0.210. The predicted octanol–water partition coefficient (Wildman–Crippen LogP) is 4.68. The Morgan fingerprint density at radius 2 is 2.16 bits per heavy atom. The number of hydrogen-bond acceptors (Lipinski definition) is 6. The molecule has 0 amide bonds. The van der Waals surface area contributed by atoms with Crippen molar-refractivity contribution in [2.75, 3.05) is 6.54 Å². The number of aromatic nitrogens is 4. The summed E-state index contributed by atoms with van der Waals surface area (Å²) in [6, 6.07) is 7.03. The average molecular weight is 432 g/mol. The fourth-order valence-electron chi connectivity index (χ4n) is 5.02. The molecule has 0 radical (unpaired) electrons. The third-order valence-corrected chi connectivity index (χ3v) is 7.24. The number of rotatable bonds is 4. The van der Waals surface area contributed by atoms with Gasteiger partial charge in [-0.05, 0) is 56.5 Å². The first-order valence-corrected chi connectivity index (χ1v) is 11.9. The quantitative estimate of drug-likeness (QED) is 0.508. The van der Waals surface area contributed by atoms with Crippen molar-refractivity contribution in [3.63, 3.8) is 0 Å². The first-order chi connectivity index (χ1) is 15.3. The van der Waals surface area contributed by atoms with Gasteiger partial charge in [-0.2, -0.15) is 0 Å². The van der Waals surface area contributed by atoms with Crippen LogP contribution in [0.15, 0.2) is 41.6 Å². The Hall–Kier alpha value is -2.77. The zero-order chi connectivity index (χ0) is 20.8. The second-order valence-corrected chi connectivity index (χ2v) is 9.26. The van der Waals surface area contributed by atoms with E-state index in [1.165, 1.54) is 11.1 Å². The molecule has 2 atom stereocenters. The van der Waals surface area contributed by atoms with Crippen molar-refractivity contribution in [1.82, 2.24) is 24.8 Å². The van der Waals surface area contributed by atoms with Crippen LogP contribution in [0.4, 0.5) is 0 Å². The first-order valence-electron chi connectivity index (χ1n) is 11.0. The normalized spacial score (nSPS) is 20.8. The second-order valence-electron chi connectivity index (χ2n) is 8.54. The Kier molecular flexibility index (Phi) is 4.73. The van der Waals surface area contributed by atoms with Gasteiger partial charge in [0, 0.05) is 47.1 Å². The van der Waals surface area contributed by atoms with E-state index in [-0.39, 0.29) is 6.10 Å². The summed E-state index contributed by atoms with van der Waals surface area (Å²) in [7, 11) is 0. The molecule has 6 nitrogen and oxygen atoms in total. The first kappa shape index (κ1) is 19.0. The molecule has 7 heteroatoms. The Balaban J connectivity index is 1.27. The maximum absolute atomic E-state index is 6.67. The van der Waals surface area contributed by atoms with Crippen LogP contribution in [0.25, 0.3) is 22.3 Å². The highest BCUT2D eigenvalue weighted by Crippen LogP contribution is 2.38. The number of thiazole rings is 1. The van der Waals surface area contributed by atoms with E-state index in [2.05, 4.69) is 54.6 Å². The molecule has 0 bridgehead atoms. The van der Waals surface area contributed by atoms with Crippen LogP contribution < -0.4 is 10.1 Å². The standard InChI is InChI=1S/C24H25N5OS/c1-15-20-5-7-29(24(20)27-13-26-15)18-2-3-19(10-18)30-23-9-17(22-12-31-14-28-22)8-16-4-6-25-11-21(16)23/h5,7-9,12-14,18-19,25H,2-4,6,10-11H2,1H3. The summed E-state index contributed by atoms with van der Waals surface area (Å²) in [5, 5.41) is 6.76. The Morgan fingerprint density at radius 3 is 3.06 bits per heavy atom. The molecule has 6 rings (SSSR count). The number of nitrogens with one attached hydrogen (secondary N) is 1. The van der Waals surface area contributed by atoms with Gasteiger partial charge < -0.3 is 14.6 Å². The van der Waals surface area contributed by atoms with Gasteiger partial charge in [0.1, 0.15) is 23.8 Å². The summed E-state index contributed by atoms with van der Waals surface area (Å²) < 4.78 is 8.98. The van der Waals surface area contributed by atoms with Crippen molar-refractivity contribution in [3.8, 4) is 17.0 Å². The molecule has 1 aromatic carbocycles. The van der Waals surface area contributed by atoms with Crippen molar-refractivity contribution in [2.45, 2.75) is 51.3 Å². The summed E-state index contributed by atoms with van der Waals surface area (Å²) in [4.78, 5) is 13.4. The van der Waals surface area contributed by atoms with Gasteiger partial charge in [-0.25, -0.2) is 15.0 Å². The number of aryl methyl sites for hydroxylation is 1. The van der Waals surface area contributed by atoms with Crippen LogP contribution in [0.3, 0.4) is 0 Å². The topological polar surface area (TPSA) is 64.9 Å². The van der Waals surface area contributed by atoms with Crippen molar-refractivity contribution in [2.24, 2.45) is 0 Å². The lowest BCUT2D eigenvalue weighted by Gasteiger charge is -2.24. The lowest BCUT2D eigenvalue weighted by atomic mass is 9.96. The molecular weight excluding hydrogens is 406 g/mol. The smallest absolute Gasteiger partial charge is 0.143 e. The summed E-state index contributed by atoms with van der Waals surface area (Å²) in [6.45, 7) is 3.93. The Bertz CT molecular complexity index is 1230. The predicted molar refractivity (Wildman–Crippen MR) is 123 cm³/mol. The van der Waals surface area contributed by atoms with Crippen LogP contribution in [-0.2, 0) is 13.0 Å². The van der Waals surface area contributed by atoms with Gasteiger partial charge in [0.2, 0.25) is 0 Å². The molecule has 1 aliphatic carbocycles. The van der Waals surface area contributed by atoms with E-state index < -0.39 is 0 Å². The van der Waals surface area contributed by atoms with Gasteiger partial charge in [0.15, 0.2) is 0 Å². The van der Waals surface area contributed by atoms with E-state index in [0.29, 0.717) is 6.04 Å². The maximum Gasteiger partial charge on any atom is 0.143 e. The molecule has 2 unspecified atom stereocenters. The highest BCUT2D eigenvalue weighted by Gasteiger charge is 2.30. The summed E-state index contributed by atoms with van der Waals surface area (Å²) in [5.41, 5.74) is 8.86. The van der Waals surface area contributed by atoms with Crippen molar-refractivity contribution < 1.29 is 4.74 Å². The van der Waals surface area contributed by atoms with Gasteiger partial charge >= 0.3 is 0 Å². The van der Waals surface area contributed by atoms with Gasteiger partial charge in [0.25, 0.3) is 0 Å². The lowest BCUT2D eigenvalue weighted by Crippen LogP contribution is -2.25. The van der Waals surface area contributed by atoms with Crippen LogP contribution >= 0.6 is 11.3 Å². The highest BCUT2D eigenvalue weighted by molar-refractivity contribution is 7.07. The molecule has 1 saturated carbocycles. The van der Waals surface area contributed by atoms with Crippen LogP contribution in [0, 0.1) is 6.92 Å². The van der Waals surface area contributed by atoms with Crippen molar-refractivity contribution >= 4 is 22.4 Å². The minimum absolute atomic E-state index is 0.210. The highest BCUT2D eigenvalue weighted by atomic mass is 32.1. The number of hydrogen-bond donors (Lipinski definition) is 1. The molecule has 4 heterocycles. The van der Waals surface area contributed by atoms with E-state index in [4.69, 9.17) is 4.74 Å². The molecule has 0 saturated heterocycles. The SMILES string of the molecule is Cc1ncnc2c1ccn2C1CCC(Oc2cc(-c3cscn3)cc3c2CNCC3)C1. The maximum atomic E-state index is 6.67. The molecule has 1 N–H and O–H groups in total. The largest absolute Gasteiger partial charge is 0.490 e.